The van der Waals surface area contributed by atoms with Gasteiger partial charge in [0.15, 0.2) is 0 Å². The Morgan fingerprint density at radius 1 is 1.47 bits per heavy atom. The maximum atomic E-state index is 12.4. The summed E-state index contributed by atoms with van der Waals surface area (Å²) in [4.78, 5) is 12.2. The van der Waals surface area contributed by atoms with Crippen LogP contribution in [0.3, 0.4) is 0 Å². The molecule has 2 rings (SSSR count). The normalized spacial score (nSPS) is 23.9. The van der Waals surface area contributed by atoms with Gasteiger partial charge in [0.1, 0.15) is 0 Å². The Balaban J connectivity index is 2.32. The lowest BCUT2D eigenvalue weighted by Crippen LogP contribution is -2.34. The molecule has 5 heteroatoms. The average Bonchev–Trinajstić information content (AvgIpc) is 2.67. The molecule has 102 valence electrons. The molecule has 4 nitrogen and oxygen atoms in total. The molecule has 0 aromatic heterocycles. The molecule has 0 fully saturated rings. The fourth-order valence-corrected chi connectivity index (χ4v) is 3.58. The molecule has 0 aromatic carbocycles. The number of carbonyl (C=O) groups excluding carboxylic acids is 1. The maximum Gasteiger partial charge on any atom is 0.266 e. The average molecular weight is 279 g/mol. The van der Waals surface area contributed by atoms with Crippen molar-refractivity contribution < 1.29 is 13.2 Å². The summed E-state index contributed by atoms with van der Waals surface area (Å²) >= 11 is 0. The van der Waals surface area contributed by atoms with E-state index >= 15 is 0 Å². The number of nitrogens with zero attached hydrogens (tertiary/aromatic N) is 1. The predicted molar refractivity (Wildman–Crippen MR) is 74.5 cm³/mol. The van der Waals surface area contributed by atoms with Gasteiger partial charge in [-0.05, 0) is 30.9 Å². The van der Waals surface area contributed by atoms with Gasteiger partial charge in [0.25, 0.3) is 15.9 Å². The largest absolute Gasteiger partial charge is 0.268 e. The Morgan fingerprint density at radius 2 is 2.16 bits per heavy atom. The van der Waals surface area contributed by atoms with E-state index in [0.29, 0.717) is 23.5 Å². The van der Waals surface area contributed by atoms with Crippen molar-refractivity contribution >= 4 is 15.9 Å². The van der Waals surface area contributed by atoms with E-state index in [4.69, 9.17) is 0 Å². The topological polar surface area (TPSA) is 54.5 Å². The van der Waals surface area contributed by atoms with Gasteiger partial charge >= 0.3 is 0 Å². The van der Waals surface area contributed by atoms with Crippen LogP contribution in [0.15, 0.2) is 46.9 Å². The Bertz CT molecular complexity index is 623. The van der Waals surface area contributed by atoms with Crippen LogP contribution in [0.1, 0.15) is 20.3 Å². The number of sulfonamides is 1. The van der Waals surface area contributed by atoms with Crippen molar-refractivity contribution in [2.75, 3.05) is 6.54 Å². The lowest BCUT2D eigenvalue weighted by atomic mass is 10.0. The molecule has 0 radical (unpaired) electrons. The van der Waals surface area contributed by atoms with Crippen molar-refractivity contribution in [2.24, 2.45) is 5.92 Å². The SMILES string of the molecule is C=CC1=C(C)C(=O)N(S(=O)(=O)C2=CCC(C)C=C2)C1. The molecule has 0 aromatic rings. The van der Waals surface area contributed by atoms with Crippen LogP contribution in [0.25, 0.3) is 0 Å². The fourth-order valence-electron chi connectivity index (χ4n) is 2.11. The van der Waals surface area contributed by atoms with Crippen molar-refractivity contribution in [3.05, 3.63) is 46.9 Å². The molecule has 0 saturated carbocycles. The van der Waals surface area contributed by atoms with E-state index in [2.05, 4.69) is 6.58 Å². The van der Waals surface area contributed by atoms with Crippen LogP contribution in [0.5, 0.6) is 0 Å². The predicted octanol–water partition coefficient (Wildman–Crippen LogP) is 2.14. The summed E-state index contributed by atoms with van der Waals surface area (Å²) < 4.78 is 25.8. The molecule has 19 heavy (non-hydrogen) atoms. The minimum Gasteiger partial charge on any atom is -0.268 e. The van der Waals surface area contributed by atoms with E-state index in [-0.39, 0.29) is 11.4 Å². The zero-order valence-electron chi connectivity index (χ0n) is 11.1. The molecule has 0 bridgehead atoms. The van der Waals surface area contributed by atoms with Crippen molar-refractivity contribution in [3.8, 4) is 0 Å². The Kier molecular flexibility index (Phi) is 3.49. The second-order valence-corrected chi connectivity index (χ2v) is 6.71. The van der Waals surface area contributed by atoms with Crippen LogP contribution in [0, 0.1) is 5.92 Å². The fraction of sp³-hybridized carbons (Fsp3) is 0.357. The molecule has 1 amide bonds. The highest BCUT2D eigenvalue weighted by molar-refractivity contribution is 7.93. The van der Waals surface area contributed by atoms with Crippen LogP contribution < -0.4 is 0 Å². The summed E-state index contributed by atoms with van der Waals surface area (Å²) in [7, 11) is -3.74. The van der Waals surface area contributed by atoms with E-state index in [9.17, 15) is 13.2 Å². The van der Waals surface area contributed by atoms with Gasteiger partial charge in [-0.25, -0.2) is 12.7 Å². The molecule has 1 aliphatic carbocycles. The van der Waals surface area contributed by atoms with Gasteiger partial charge < -0.3 is 0 Å². The zero-order chi connectivity index (χ0) is 14.2. The van der Waals surface area contributed by atoms with Gasteiger partial charge in [0, 0.05) is 5.57 Å². The molecular formula is C14H17NO3S. The van der Waals surface area contributed by atoms with Gasteiger partial charge in [0.05, 0.1) is 11.4 Å². The van der Waals surface area contributed by atoms with Crippen molar-refractivity contribution in [1.29, 1.82) is 0 Å². The highest BCUT2D eigenvalue weighted by Crippen LogP contribution is 2.28. The third-order valence-electron chi connectivity index (χ3n) is 3.46. The van der Waals surface area contributed by atoms with Gasteiger partial charge in [-0.3, -0.25) is 4.79 Å². The summed E-state index contributed by atoms with van der Waals surface area (Å²) in [6, 6.07) is 0. The third kappa shape index (κ3) is 2.30. The molecule has 1 unspecified atom stereocenters. The Morgan fingerprint density at radius 3 is 2.63 bits per heavy atom. The molecule has 1 heterocycles. The van der Waals surface area contributed by atoms with E-state index < -0.39 is 15.9 Å². The number of hydrogen-bond donors (Lipinski definition) is 0. The highest BCUT2D eigenvalue weighted by Gasteiger charge is 2.36. The van der Waals surface area contributed by atoms with Crippen molar-refractivity contribution in [1.82, 2.24) is 4.31 Å². The lowest BCUT2D eigenvalue weighted by molar-refractivity contribution is -0.121. The molecule has 2 aliphatic rings. The van der Waals surface area contributed by atoms with E-state index in [1.54, 1.807) is 19.1 Å². The van der Waals surface area contributed by atoms with Gasteiger partial charge in [0.2, 0.25) is 0 Å². The second kappa shape index (κ2) is 4.81. The Labute approximate surface area is 113 Å². The van der Waals surface area contributed by atoms with Crippen LogP contribution in [0.4, 0.5) is 0 Å². The zero-order valence-corrected chi connectivity index (χ0v) is 11.9. The number of carbonyl (C=O) groups is 1. The number of hydrogen-bond acceptors (Lipinski definition) is 3. The van der Waals surface area contributed by atoms with Gasteiger partial charge in [-0.15, -0.1) is 0 Å². The lowest BCUT2D eigenvalue weighted by Gasteiger charge is -2.20. The molecule has 0 saturated heterocycles. The Hall–Kier alpha value is -1.62. The standard InChI is InChI=1S/C14H17NO3S/c1-4-12-9-15(14(16)11(12)3)19(17,18)13-7-5-10(2)6-8-13/h4-5,7-8,10H,1,6,9H2,2-3H3. The molecule has 0 spiro atoms. The maximum absolute atomic E-state index is 12.4. The minimum absolute atomic E-state index is 0.0806. The van der Waals surface area contributed by atoms with Crippen LogP contribution >= 0.6 is 0 Å². The first-order valence-corrected chi connectivity index (χ1v) is 7.59. The summed E-state index contributed by atoms with van der Waals surface area (Å²) in [6.45, 7) is 7.33. The monoisotopic (exact) mass is 279 g/mol. The quantitative estimate of drug-likeness (QED) is 0.795. The first-order chi connectivity index (χ1) is 8.87. The highest BCUT2D eigenvalue weighted by atomic mass is 32.2. The smallest absolute Gasteiger partial charge is 0.266 e. The number of amides is 1. The van der Waals surface area contributed by atoms with Gasteiger partial charge in [-0.2, -0.15) is 0 Å². The van der Waals surface area contributed by atoms with Crippen LogP contribution in [0.2, 0.25) is 0 Å². The van der Waals surface area contributed by atoms with Gasteiger partial charge in [-0.1, -0.05) is 31.7 Å². The molecular weight excluding hydrogens is 262 g/mol. The van der Waals surface area contributed by atoms with E-state index in [1.807, 2.05) is 13.0 Å². The van der Waals surface area contributed by atoms with Crippen LogP contribution in [-0.4, -0.2) is 25.2 Å². The number of allylic oxidation sites excluding steroid dienone is 3. The molecule has 0 N–H and O–H groups in total. The van der Waals surface area contributed by atoms with E-state index in [1.165, 1.54) is 6.08 Å². The third-order valence-corrected chi connectivity index (χ3v) is 5.23. The molecule has 1 atom stereocenters. The summed E-state index contributed by atoms with van der Waals surface area (Å²) in [6.07, 6.45) is 7.32. The summed E-state index contributed by atoms with van der Waals surface area (Å²) in [5.74, 6) is -0.125. The number of rotatable bonds is 3. The van der Waals surface area contributed by atoms with E-state index in [0.717, 1.165) is 4.31 Å². The van der Waals surface area contributed by atoms with Crippen molar-refractivity contribution in [3.63, 3.8) is 0 Å². The first kappa shape index (κ1) is 13.8. The first-order valence-electron chi connectivity index (χ1n) is 6.15. The van der Waals surface area contributed by atoms with Crippen molar-refractivity contribution in [2.45, 2.75) is 20.3 Å². The minimum atomic E-state index is -3.74. The second-order valence-electron chi connectivity index (χ2n) is 4.85. The molecule has 1 aliphatic heterocycles. The summed E-state index contributed by atoms with van der Waals surface area (Å²) in [5, 5.41) is 0. The van der Waals surface area contributed by atoms with Crippen LogP contribution in [-0.2, 0) is 14.8 Å². The summed E-state index contributed by atoms with van der Waals surface area (Å²) in [5.41, 5.74) is 1.12.